The van der Waals surface area contributed by atoms with Crippen LogP contribution in [0.5, 0.6) is 0 Å². The van der Waals surface area contributed by atoms with Crippen molar-refractivity contribution in [3.8, 4) is 11.4 Å². The third kappa shape index (κ3) is 7.19. The van der Waals surface area contributed by atoms with Crippen molar-refractivity contribution in [3.05, 3.63) is 73.6 Å². The van der Waals surface area contributed by atoms with Gasteiger partial charge in [-0.1, -0.05) is 46.9 Å². The fourth-order valence-corrected chi connectivity index (χ4v) is 3.97. The molecule has 0 fully saturated rings. The smallest absolute Gasteiger partial charge is 0.382 e. The number of aromatic nitrogens is 3. The maximum atomic E-state index is 13.0. The van der Waals surface area contributed by atoms with E-state index in [1.165, 1.54) is 30.3 Å². The van der Waals surface area contributed by atoms with Crippen LogP contribution in [0.4, 0.5) is 18.0 Å². The summed E-state index contributed by atoms with van der Waals surface area (Å²) in [6.07, 6.45) is -7.88. The van der Waals surface area contributed by atoms with Gasteiger partial charge in [0.1, 0.15) is 6.54 Å². The maximum Gasteiger partial charge on any atom is 0.416 e. The summed E-state index contributed by atoms with van der Waals surface area (Å²) in [7, 11) is 0. The molecule has 2 aromatic carbocycles. The van der Waals surface area contributed by atoms with E-state index in [4.69, 9.17) is 40.5 Å². The van der Waals surface area contributed by atoms with Gasteiger partial charge >= 0.3 is 17.9 Å². The number of hydrogen-bond acceptors (Lipinski definition) is 5. The molecule has 0 radical (unpaired) electrons. The minimum Gasteiger partial charge on any atom is -0.382 e. The molecule has 0 bridgehead atoms. The van der Waals surface area contributed by atoms with Gasteiger partial charge in [-0.05, 0) is 35.9 Å². The van der Waals surface area contributed by atoms with Crippen LogP contribution in [0, 0.1) is 0 Å². The minimum absolute atomic E-state index is 0.0957. The number of primary amides is 1. The van der Waals surface area contributed by atoms with Gasteiger partial charge in [0.2, 0.25) is 5.91 Å². The Morgan fingerprint density at radius 2 is 1.76 bits per heavy atom. The first-order valence-corrected chi connectivity index (χ1v) is 11.9. The number of halogens is 6. The van der Waals surface area contributed by atoms with Crippen LogP contribution in [0.2, 0.25) is 15.1 Å². The van der Waals surface area contributed by atoms with Crippen molar-refractivity contribution in [2.75, 3.05) is 6.54 Å². The normalized spacial score (nSPS) is 13.1. The van der Waals surface area contributed by atoms with Crippen molar-refractivity contribution in [1.29, 1.82) is 0 Å². The second kappa shape index (κ2) is 12.1. The van der Waals surface area contributed by atoms with Crippen LogP contribution < -0.4 is 22.1 Å². The van der Waals surface area contributed by atoms with Crippen molar-refractivity contribution in [2.45, 2.75) is 31.4 Å². The van der Waals surface area contributed by atoms with Gasteiger partial charge in [0.15, 0.2) is 11.9 Å². The Labute approximate surface area is 228 Å². The molecule has 3 rings (SSSR count). The highest BCUT2D eigenvalue weighted by atomic mass is 35.5. The molecule has 0 saturated carbocycles. The summed E-state index contributed by atoms with van der Waals surface area (Å²) in [5.41, 5.74) is 4.59. The third-order valence-electron chi connectivity index (χ3n) is 5.22. The van der Waals surface area contributed by atoms with E-state index in [-0.39, 0.29) is 28.0 Å². The molecule has 1 heterocycles. The van der Waals surface area contributed by atoms with Gasteiger partial charge in [0, 0.05) is 17.1 Å². The van der Waals surface area contributed by atoms with Crippen molar-refractivity contribution < 1.29 is 27.9 Å². The van der Waals surface area contributed by atoms with E-state index in [0.717, 1.165) is 0 Å². The highest BCUT2D eigenvalue weighted by Gasteiger charge is 2.39. The highest BCUT2D eigenvalue weighted by Crippen LogP contribution is 2.30. The zero-order valence-corrected chi connectivity index (χ0v) is 21.4. The molecule has 38 heavy (non-hydrogen) atoms. The van der Waals surface area contributed by atoms with Crippen LogP contribution >= 0.6 is 34.8 Å². The number of carbonyl (C=O) groups excluding carboxylic acids is 2. The van der Waals surface area contributed by atoms with Gasteiger partial charge in [-0.2, -0.15) is 13.2 Å². The number of carbonyl (C=O) groups is 2. The van der Waals surface area contributed by atoms with Gasteiger partial charge in [0.05, 0.1) is 22.6 Å². The van der Waals surface area contributed by atoms with Crippen LogP contribution in [0.25, 0.3) is 11.4 Å². The lowest BCUT2D eigenvalue weighted by atomic mass is 10.1. The topological polar surface area (TPSA) is 144 Å². The lowest BCUT2D eigenvalue weighted by Crippen LogP contribution is -2.42. The Morgan fingerprint density at radius 3 is 2.37 bits per heavy atom. The molecule has 5 N–H and O–H groups in total. The van der Waals surface area contributed by atoms with Crippen LogP contribution in [0.15, 0.2) is 47.3 Å². The fourth-order valence-electron chi connectivity index (χ4n) is 3.40. The average molecular weight is 596 g/mol. The molecule has 0 aliphatic rings. The van der Waals surface area contributed by atoms with Gasteiger partial charge < -0.3 is 21.5 Å². The summed E-state index contributed by atoms with van der Waals surface area (Å²) >= 11 is 18.1. The molecule has 2 atom stereocenters. The Kier molecular flexibility index (Phi) is 9.31. The quantitative estimate of drug-likeness (QED) is 0.301. The Bertz CT molecular complexity index is 1380. The summed E-state index contributed by atoms with van der Waals surface area (Å²) < 4.78 is 40.3. The van der Waals surface area contributed by atoms with Gasteiger partial charge in [-0.15, -0.1) is 5.10 Å². The molecule has 0 saturated heterocycles. The second-order valence-corrected chi connectivity index (χ2v) is 9.17. The number of aliphatic hydroxyl groups is 1. The lowest BCUT2D eigenvalue weighted by molar-refractivity contribution is -0.207. The van der Waals surface area contributed by atoms with Gasteiger partial charge in [-0.3, -0.25) is 9.36 Å². The first-order chi connectivity index (χ1) is 17.8. The highest BCUT2D eigenvalue weighted by molar-refractivity contribution is 6.42. The van der Waals surface area contributed by atoms with Crippen LogP contribution in [-0.2, 0) is 17.9 Å². The number of benzene rings is 2. The molecule has 0 spiro atoms. The van der Waals surface area contributed by atoms with E-state index in [0.29, 0.717) is 19.8 Å². The van der Waals surface area contributed by atoms with E-state index in [9.17, 15) is 32.7 Å². The maximum absolute atomic E-state index is 13.0. The molecule has 2 unspecified atom stereocenters. The minimum atomic E-state index is -5.01. The first-order valence-electron chi connectivity index (χ1n) is 10.7. The van der Waals surface area contributed by atoms with E-state index in [1.54, 1.807) is 12.1 Å². The predicted octanol–water partition coefficient (Wildman–Crippen LogP) is 3.12. The number of aliphatic hydroxyl groups excluding tert-OH is 1. The van der Waals surface area contributed by atoms with E-state index < -0.39 is 49.0 Å². The van der Waals surface area contributed by atoms with Gasteiger partial charge in [-0.25, -0.2) is 14.3 Å². The summed E-state index contributed by atoms with van der Waals surface area (Å²) in [5, 5.41) is 19.1. The molecular weight excluding hydrogens is 576 g/mol. The molecule has 0 aliphatic heterocycles. The second-order valence-electron chi connectivity index (χ2n) is 7.95. The number of alkyl halides is 3. The van der Waals surface area contributed by atoms with Crippen molar-refractivity contribution >= 4 is 46.7 Å². The molecule has 1 aromatic heterocycles. The fraction of sp³-hybridized carbons (Fsp3) is 0.273. The largest absolute Gasteiger partial charge is 0.416 e. The number of nitrogens with zero attached hydrogens (tertiary/aromatic N) is 3. The number of nitrogens with one attached hydrogen (secondary N) is 2. The number of hydrogen-bond donors (Lipinski definition) is 4. The van der Waals surface area contributed by atoms with E-state index in [2.05, 4.69) is 15.7 Å². The summed E-state index contributed by atoms with van der Waals surface area (Å²) in [4.78, 5) is 37.1. The Hall–Kier alpha value is -3.26. The third-order valence-corrected chi connectivity index (χ3v) is 6.31. The Balaban J connectivity index is 1.93. The van der Waals surface area contributed by atoms with Crippen molar-refractivity contribution in [3.63, 3.8) is 0 Å². The van der Waals surface area contributed by atoms with Crippen molar-refractivity contribution in [2.24, 2.45) is 5.73 Å². The standard InChI is InChI=1S/C22H20Cl3F3N6O4/c23-12-6-4-11(5-7-12)19-32-34(21(38)33(19)9-16(35)22(26,27)28)10-17(36)31-15(8-30-20(29)37)13-2-1-3-14(24)18(13)25/h1-7,15-16,35H,8-10H2,(H,31,36)(H3,29,30,37). The molecule has 3 amide bonds. The zero-order chi connectivity index (χ0) is 28.2. The Morgan fingerprint density at radius 1 is 1.11 bits per heavy atom. The van der Waals surface area contributed by atoms with E-state index >= 15 is 0 Å². The summed E-state index contributed by atoms with van der Waals surface area (Å²) in [5.74, 6) is -1.03. The number of rotatable bonds is 9. The average Bonchev–Trinajstić information content (AvgIpc) is 3.13. The SMILES string of the molecule is NC(=O)NCC(NC(=O)Cn1nc(-c2ccc(Cl)cc2)n(CC(O)C(F)(F)F)c1=O)c1cccc(Cl)c1Cl. The first kappa shape index (κ1) is 29.3. The monoisotopic (exact) mass is 594 g/mol. The van der Waals surface area contributed by atoms with Crippen molar-refractivity contribution in [1.82, 2.24) is 25.0 Å². The number of nitrogens with two attached hydrogens (primary N) is 1. The molecule has 204 valence electrons. The zero-order valence-electron chi connectivity index (χ0n) is 19.2. The lowest BCUT2D eigenvalue weighted by Gasteiger charge is -2.21. The van der Waals surface area contributed by atoms with Crippen LogP contribution in [0.3, 0.4) is 0 Å². The van der Waals surface area contributed by atoms with Gasteiger partial charge in [0.25, 0.3) is 0 Å². The molecule has 16 heteroatoms. The molecule has 10 nitrogen and oxygen atoms in total. The summed E-state index contributed by atoms with van der Waals surface area (Å²) in [6, 6.07) is 8.48. The summed E-state index contributed by atoms with van der Waals surface area (Å²) in [6.45, 7) is -2.08. The van der Waals surface area contributed by atoms with Crippen LogP contribution in [-0.4, -0.2) is 50.2 Å². The van der Waals surface area contributed by atoms with Crippen LogP contribution in [0.1, 0.15) is 11.6 Å². The predicted molar refractivity (Wildman–Crippen MR) is 134 cm³/mol. The van der Waals surface area contributed by atoms with E-state index in [1.807, 2.05) is 0 Å². The number of amides is 3. The molecular formula is C22H20Cl3F3N6O4. The molecule has 3 aromatic rings. The number of urea groups is 1. The molecule has 0 aliphatic carbocycles.